The third-order valence-electron chi connectivity index (χ3n) is 4.89. The summed E-state index contributed by atoms with van der Waals surface area (Å²) in [7, 11) is -4.22. The number of benzene rings is 1. The molecule has 1 saturated heterocycles. The molecule has 4 rings (SSSR count). The second kappa shape index (κ2) is 7.08. The van der Waals surface area contributed by atoms with Gasteiger partial charge in [-0.25, -0.2) is 23.2 Å². The first-order valence-electron chi connectivity index (χ1n) is 8.77. The van der Waals surface area contributed by atoms with Gasteiger partial charge in [-0.2, -0.15) is 13.5 Å². The average Bonchev–Trinajstić information content (AvgIpc) is 3.28. The van der Waals surface area contributed by atoms with Crippen LogP contribution in [0.1, 0.15) is 34.8 Å². The summed E-state index contributed by atoms with van der Waals surface area (Å²) in [4.78, 5) is 14.1. The van der Waals surface area contributed by atoms with Crippen molar-refractivity contribution in [3.05, 3.63) is 65.5 Å². The maximum Gasteiger partial charge on any atom is 0.298 e. The highest BCUT2D eigenvalue weighted by atomic mass is 32.2. The van der Waals surface area contributed by atoms with Crippen molar-refractivity contribution in [1.29, 1.82) is 0 Å². The Labute approximate surface area is 165 Å². The minimum atomic E-state index is -4.22. The van der Waals surface area contributed by atoms with Crippen molar-refractivity contribution in [2.75, 3.05) is 11.4 Å². The van der Waals surface area contributed by atoms with Gasteiger partial charge >= 0.3 is 0 Å². The molecule has 1 amide bonds. The van der Waals surface area contributed by atoms with Crippen molar-refractivity contribution in [1.82, 2.24) is 14.3 Å². The molecule has 1 unspecified atom stereocenters. The fourth-order valence-corrected chi connectivity index (χ4v) is 4.04. The van der Waals surface area contributed by atoms with E-state index in [1.165, 1.54) is 16.8 Å². The number of halogens is 2. The summed E-state index contributed by atoms with van der Waals surface area (Å²) in [6.07, 6.45) is 4.26. The van der Waals surface area contributed by atoms with E-state index in [0.29, 0.717) is 24.2 Å². The first kappa shape index (κ1) is 19.3. The molecule has 2 aromatic heterocycles. The zero-order valence-corrected chi connectivity index (χ0v) is 15.9. The molecule has 11 heteroatoms. The second-order valence-corrected chi connectivity index (χ2v) is 8.06. The molecule has 0 spiro atoms. The highest BCUT2D eigenvalue weighted by Crippen LogP contribution is 2.38. The molecular formula is C18H17F2N5O3S. The van der Waals surface area contributed by atoms with E-state index in [2.05, 4.69) is 5.10 Å². The summed E-state index contributed by atoms with van der Waals surface area (Å²) < 4.78 is 53.4. The maximum atomic E-state index is 14.3. The number of nitrogens with one attached hydrogen (secondary N) is 1. The average molecular weight is 421 g/mol. The molecule has 1 aromatic carbocycles. The first-order valence-corrected chi connectivity index (χ1v) is 10.3. The van der Waals surface area contributed by atoms with Gasteiger partial charge in [0.25, 0.3) is 16.1 Å². The van der Waals surface area contributed by atoms with E-state index in [1.807, 2.05) is 4.90 Å². The Morgan fingerprint density at radius 3 is 2.79 bits per heavy atom. The summed E-state index contributed by atoms with van der Waals surface area (Å²) >= 11 is 0. The number of hydrogen-bond acceptors (Lipinski definition) is 5. The van der Waals surface area contributed by atoms with E-state index in [-0.39, 0.29) is 17.2 Å². The monoisotopic (exact) mass is 421 g/mol. The van der Waals surface area contributed by atoms with E-state index in [9.17, 15) is 22.0 Å². The van der Waals surface area contributed by atoms with Crippen molar-refractivity contribution in [2.45, 2.75) is 18.9 Å². The number of amides is 1. The van der Waals surface area contributed by atoms with Gasteiger partial charge in [0.1, 0.15) is 11.6 Å². The fraction of sp³-hybridized carbons (Fsp3) is 0.222. The van der Waals surface area contributed by atoms with Gasteiger partial charge in [-0.15, -0.1) is 0 Å². The molecule has 1 atom stereocenters. The first-order chi connectivity index (χ1) is 13.7. The number of nitrogens with zero attached hydrogens (tertiary/aromatic N) is 3. The predicted octanol–water partition coefficient (Wildman–Crippen LogP) is 1.89. The third-order valence-corrected chi connectivity index (χ3v) is 5.36. The summed E-state index contributed by atoms with van der Waals surface area (Å²) in [5.74, 6) is -1.91. The van der Waals surface area contributed by atoms with Crippen molar-refractivity contribution < 1.29 is 22.0 Å². The van der Waals surface area contributed by atoms with Crippen LogP contribution >= 0.6 is 0 Å². The zero-order valence-electron chi connectivity index (χ0n) is 15.0. The molecule has 0 radical (unpaired) electrons. The van der Waals surface area contributed by atoms with Gasteiger partial charge in [0.2, 0.25) is 0 Å². The minimum Gasteiger partial charge on any atom is -0.364 e. The number of pyridine rings is 1. The second-order valence-electron chi connectivity index (χ2n) is 6.77. The van der Waals surface area contributed by atoms with Crippen LogP contribution in [0.15, 0.2) is 42.7 Å². The Kier molecular flexibility index (Phi) is 4.71. The van der Waals surface area contributed by atoms with Gasteiger partial charge in [-0.3, -0.25) is 4.79 Å². The number of carbonyl (C=O) groups excluding carboxylic acids is 1. The molecule has 29 heavy (non-hydrogen) atoms. The van der Waals surface area contributed by atoms with Crippen molar-refractivity contribution in [3.63, 3.8) is 0 Å². The lowest BCUT2D eigenvalue weighted by Crippen LogP contribution is -2.35. The standard InChI is InChI=1S/C18H17F2N5O3S/c19-11-3-4-15(20)13(8-11)16-2-1-6-24(16)12-5-7-25-17(9-12)14(10-22-25)18(26)23-29(21,27)28/h3-5,7-10,16H,1-2,6H2,(H,23,26)(H2,21,27,28). The number of nitrogens with two attached hydrogens (primary N) is 1. The van der Waals surface area contributed by atoms with Crippen LogP contribution in [-0.2, 0) is 10.2 Å². The van der Waals surface area contributed by atoms with Crippen LogP contribution in [0.25, 0.3) is 5.52 Å². The van der Waals surface area contributed by atoms with E-state index < -0.39 is 27.8 Å². The van der Waals surface area contributed by atoms with Crippen LogP contribution in [0.2, 0.25) is 0 Å². The van der Waals surface area contributed by atoms with Gasteiger partial charge in [0.05, 0.1) is 23.3 Å². The molecule has 0 bridgehead atoms. The van der Waals surface area contributed by atoms with Crippen LogP contribution in [-0.4, -0.2) is 30.5 Å². The van der Waals surface area contributed by atoms with Crippen LogP contribution in [0.5, 0.6) is 0 Å². The Hall–Kier alpha value is -3.05. The number of fused-ring (bicyclic) bond motifs is 1. The lowest BCUT2D eigenvalue weighted by atomic mass is 10.0. The van der Waals surface area contributed by atoms with E-state index in [4.69, 9.17) is 5.14 Å². The molecule has 8 nitrogen and oxygen atoms in total. The third kappa shape index (κ3) is 3.78. The number of rotatable bonds is 4. The minimum absolute atomic E-state index is 0.0218. The molecule has 1 aliphatic heterocycles. The van der Waals surface area contributed by atoms with Crippen LogP contribution in [0.3, 0.4) is 0 Å². The predicted molar refractivity (Wildman–Crippen MR) is 101 cm³/mol. The van der Waals surface area contributed by atoms with Crippen LogP contribution < -0.4 is 14.8 Å². The summed E-state index contributed by atoms with van der Waals surface area (Å²) in [6.45, 7) is 0.615. The fourth-order valence-electron chi connectivity index (χ4n) is 3.68. The Bertz CT molecular complexity index is 1210. The topological polar surface area (TPSA) is 110 Å². The molecule has 152 valence electrons. The maximum absolute atomic E-state index is 14.3. The Morgan fingerprint density at radius 2 is 2.03 bits per heavy atom. The quantitative estimate of drug-likeness (QED) is 0.669. The lowest BCUT2D eigenvalue weighted by Gasteiger charge is -2.27. The largest absolute Gasteiger partial charge is 0.364 e. The molecule has 3 N–H and O–H groups in total. The highest BCUT2D eigenvalue weighted by Gasteiger charge is 2.29. The highest BCUT2D eigenvalue weighted by molar-refractivity contribution is 7.87. The zero-order chi connectivity index (χ0) is 20.8. The van der Waals surface area contributed by atoms with Crippen LogP contribution in [0, 0.1) is 11.6 Å². The van der Waals surface area contributed by atoms with Gasteiger partial charge in [-0.1, -0.05) is 0 Å². The lowest BCUT2D eigenvalue weighted by molar-refractivity contribution is 0.0983. The number of hydrogen-bond donors (Lipinski definition) is 2. The van der Waals surface area contributed by atoms with E-state index in [0.717, 1.165) is 18.6 Å². The SMILES string of the molecule is NS(=O)(=O)NC(=O)c1cnn2ccc(N3CCCC3c3cc(F)ccc3F)cc12. The van der Waals surface area contributed by atoms with E-state index >= 15 is 0 Å². The van der Waals surface area contributed by atoms with Gasteiger partial charge < -0.3 is 4.90 Å². The van der Waals surface area contributed by atoms with Crippen molar-refractivity contribution in [2.24, 2.45) is 5.14 Å². The summed E-state index contributed by atoms with van der Waals surface area (Å²) in [6, 6.07) is 6.42. The van der Waals surface area contributed by atoms with Crippen molar-refractivity contribution in [3.8, 4) is 0 Å². The summed E-state index contributed by atoms with van der Waals surface area (Å²) in [5, 5.41) is 8.90. The number of anilines is 1. The van der Waals surface area contributed by atoms with E-state index in [1.54, 1.807) is 23.1 Å². The molecule has 0 saturated carbocycles. The Balaban J connectivity index is 1.73. The van der Waals surface area contributed by atoms with Gasteiger partial charge in [0.15, 0.2) is 0 Å². The molecule has 3 heterocycles. The smallest absolute Gasteiger partial charge is 0.298 e. The summed E-state index contributed by atoms with van der Waals surface area (Å²) in [5.41, 5.74) is 1.32. The van der Waals surface area contributed by atoms with Gasteiger partial charge in [-0.05, 0) is 43.2 Å². The molecule has 1 aliphatic rings. The molecule has 1 fully saturated rings. The molecular weight excluding hydrogens is 404 g/mol. The number of aromatic nitrogens is 2. The van der Waals surface area contributed by atoms with Gasteiger partial charge in [0, 0.05) is 24.0 Å². The van der Waals surface area contributed by atoms with Crippen molar-refractivity contribution >= 4 is 27.3 Å². The molecule has 0 aliphatic carbocycles. The molecule has 3 aromatic rings. The Morgan fingerprint density at radius 1 is 1.24 bits per heavy atom. The van der Waals surface area contributed by atoms with Crippen LogP contribution in [0.4, 0.5) is 14.5 Å². The normalized spacial score (nSPS) is 17.1. The number of carbonyl (C=O) groups is 1.